The van der Waals surface area contributed by atoms with Gasteiger partial charge in [0.05, 0.1) is 12.4 Å². The second-order valence-electron chi connectivity index (χ2n) is 7.96. The first kappa shape index (κ1) is 21.2. The number of nitrogens with zero attached hydrogens (tertiary/aromatic N) is 4. The lowest BCUT2D eigenvalue weighted by Crippen LogP contribution is -2.41. The number of fused-ring (bicyclic) bond motifs is 1. The second-order valence-corrected chi connectivity index (χ2v) is 8.40. The number of rotatable bonds is 6. The summed E-state index contributed by atoms with van der Waals surface area (Å²) in [5.74, 6) is 1.00. The molecule has 1 aliphatic rings. The van der Waals surface area contributed by atoms with Crippen LogP contribution in [0.25, 0.3) is 11.2 Å². The van der Waals surface area contributed by atoms with Crippen LogP contribution in [-0.4, -0.2) is 37.8 Å². The van der Waals surface area contributed by atoms with Crippen molar-refractivity contribution in [2.24, 2.45) is 5.73 Å². The maximum absolute atomic E-state index is 11.3. The lowest BCUT2D eigenvalue weighted by atomic mass is 9.92. The molecule has 0 radical (unpaired) electrons. The first-order chi connectivity index (χ1) is 14.9. The van der Waals surface area contributed by atoms with Gasteiger partial charge in [0.2, 0.25) is 5.95 Å². The van der Waals surface area contributed by atoms with E-state index in [0.717, 1.165) is 31.4 Å². The van der Waals surface area contributed by atoms with Crippen LogP contribution in [0.5, 0.6) is 0 Å². The van der Waals surface area contributed by atoms with E-state index in [1.807, 2.05) is 28.8 Å². The number of nitrogens with one attached hydrogen (secondary N) is 2. The van der Waals surface area contributed by atoms with Crippen molar-refractivity contribution in [3.05, 3.63) is 35.6 Å². The Morgan fingerprint density at radius 3 is 2.84 bits per heavy atom. The van der Waals surface area contributed by atoms with Crippen molar-refractivity contribution in [2.45, 2.75) is 57.7 Å². The summed E-state index contributed by atoms with van der Waals surface area (Å²) < 4.78 is 7.31. The number of ether oxygens (including phenoxy) is 1. The number of aromatic nitrogens is 4. The summed E-state index contributed by atoms with van der Waals surface area (Å²) in [4.78, 5) is 25.3. The fraction of sp³-hybridized carbons (Fsp3) is 0.429. The van der Waals surface area contributed by atoms with E-state index in [1.165, 1.54) is 0 Å². The topological polar surface area (TPSA) is 120 Å². The Bertz CT molecular complexity index is 1080. The van der Waals surface area contributed by atoms with Crippen LogP contribution in [0, 0.1) is 0 Å². The smallest absolute Gasteiger partial charge is 0.404 e. The van der Waals surface area contributed by atoms with Crippen molar-refractivity contribution in [1.82, 2.24) is 19.5 Å². The van der Waals surface area contributed by atoms with Crippen LogP contribution in [0.15, 0.2) is 30.6 Å². The predicted octanol–water partition coefficient (Wildman–Crippen LogP) is 4.62. The van der Waals surface area contributed by atoms with Gasteiger partial charge in [0, 0.05) is 16.8 Å². The zero-order valence-corrected chi connectivity index (χ0v) is 18.3. The van der Waals surface area contributed by atoms with E-state index >= 15 is 0 Å². The molecule has 2 aromatic heterocycles. The molecule has 1 saturated carbocycles. The van der Waals surface area contributed by atoms with Crippen LogP contribution in [-0.2, 0) is 4.74 Å². The lowest BCUT2D eigenvalue weighted by Gasteiger charge is -2.31. The molecule has 4 N–H and O–H groups in total. The lowest BCUT2D eigenvalue weighted by molar-refractivity contribution is 0.0743. The highest BCUT2D eigenvalue weighted by molar-refractivity contribution is 6.30. The number of primary amides is 1. The molecule has 4 rings (SSSR count). The zero-order chi connectivity index (χ0) is 22.0. The monoisotopic (exact) mass is 443 g/mol. The van der Waals surface area contributed by atoms with Crippen LogP contribution in [0.2, 0.25) is 5.02 Å². The number of carbonyl (C=O) groups excluding carboxylic acids is 1. The van der Waals surface area contributed by atoms with Gasteiger partial charge in [-0.1, -0.05) is 24.1 Å². The van der Waals surface area contributed by atoms with Crippen LogP contribution in [0.4, 0.5) is 22.2 Å². The molecule has 9 nitrogen and oxygen atoms in total. The number of halogens is 1. The molecule has 0 aliphatic heterocycles. The standard InChI is InChI=1S/C21H26ClN7O2/c1-12(2)29-11-24-17-18(25-14-7-5-6-13(22)10-14)27-21(28-19(17)29)26-15-8-3-4-9-16(15)31-20(23)30/h5-7,10-12,15-16H,3-4,8-9H2,1-2H3,(H2,23,30)(H2,25,26,27,28)/t15-,16+/m0/s1. The normalized spacial score (nSPS) is 18.8. The first-order valence-corrected chi connectivity index (χ1v) is 10.8. The van der Waals surface area contributed by atoms with E-state index in [9.17, 15) is 4.79 Å². The predicted molar refractivity (Wildman–Crippen MR) is 121 cm³/mol. The van der Waals surface area contributed by atoms with E-state index in [4.69, 9.17) is 27.1 Å². The van der Waals surface area contributed by atoms with Gasteiger partial charge >= 0.3 is 6.09 Å². The van der Waals surface area contributed by atoms with E-state index in [0.29, 0.717) is 28.0 Å². The van der Waals surface area contributed by atoms with Crippen LogP contribution >= 0.6 is 11.6 Å². The minimum absolute atomic E-state index is 0.117. The molecule has 1 aromatic carbocycles. The summed E-state index contributed by atoms with van der Waals surface area (Å²) in [6, 6.07) is 7.46. The van der Waals surface area contributed by atoms with E-state index in [1.54, 1.807) is 6.33 Å². The van der Waals surface area contributed by atoms with Crippen molar-refractivity contribution in [2.75, 3.05) is 10.6 Å². The Kier molecular flexibility index (Phi) is 6.13. The van der Waals surface area contributed by atoms with Crippen molar-refractivity contribution < 1.29 is 9.53 Å². The zero-order valence-electron chi connectivity index (χ0n) is 17.5. The van der Waals surface area contributed by atoms with Gasteiger partial charge in [-0.3, -0.25) is 0 Å². The molecule has 0 spiro atoms. The Balaban J connectivity index is 1.70. The largest absolute Gasteiger partial charge is 0.444 e. The highest BCUT2D eigenvalue weighted by Gasteiger charge is 2.29. The number of imidazole rings is 1. The Labute approximate surface area is 185 Å². The Morgan fingerprint density at radius 1 is 1.29 bits per heavy atom. The molecular formula is C21H26ClN7O2. The average molecular weight is 444 g/mol. The quantitative estimate of drug-likeness (QED) is 0.508. The molecule has 31 heavy (non-hydrogen) atoms. The van der Waals surface area contributed by atoms with Crippen molar-refractivity contribution >= 4 is 46.3 Å². The fourth-order valence-electron chi connectivity index (χ4n) is 3.87. The third-order valence-electron chi connectivity index (χ3n) is 5.35. The average Bonchev–Trinajstić information content (AvgIpc) is 3.14. The fourth-order valence-corrected chi connectivity index (χ4v) is 4.06. The van der Waals surface area contributed by atoms with Gasteiger partial charge < -0.3 is 25.7 Å². The number of hydrogen-bond acceptors (Lipinski definition) is 7. The van der Waals surface area contributed by atoms with Gasteiger partial charge in [-0.2, -0.15) is 9.97 Å². The van der Waals surface area contributed by atoms with Crippen LogP contribution in [0.1, 0.15) is 45.6 Å². The van der Waals surface area contributed by atoms with Crippen molar-refractivity contribution in [3.63, 3.8) is 0 Å². The summed E-state index contributed by atoms with van der Waals surface area (Å²) in [5.41, 5.74) is 7.43. The molecule has 2 heterocycles. The Morgan fingerprint density at radius 2 is 2.10 bits per heavy atom. The maximum atomic E-state index is 11.3. The molecule has 1 fully saturated rings. The number of nitrogens with two attached hydrogens (primary N) is 1. The van der Waals surface area contributed by atoms with Crippen LogP contribution < -0.4 is 16.4 Å². The number of carbonyl (C=O) groups is 1. The van der Waals surface area contributed by atoms with Crippen LogP contribution in [0.3, 0.4) is 0 Å². The SMILES string of the molecule is CC(C)n1cnc2c(Nc3cccc(Cl)c3)nc(N[C@H]3CCCC[C@H]3OC(N)=O)nc21. The minimum Gasteiger partial charge on any atom is -0.444 e. The summed E-state index contributed by atoms with van der Waals surface area (Å²) >= 11 is 6.14. The number of hydrogen-bond donors (Lipinski definition) is 3. The summed E-state index contributed by atoms with van der Waals surface area (Å²) in [6.45, 7) is 4.14. The third kappa shape index (κ3) is 4.82. The van der Waals surface area contributed by atoms with Gasteiger partial charge in [-0.15, -0.1) is 0 Å². The number of benzene rings is 1. The molecule has 1 aliphatic carbocycles. The number of anilines is 3. The molecule has 0 saturated heterocycles. The maximum Gasteiger partial charge on any atom is 0.404 e. The van der Waals surface area contributed by atoms with Crippen molar-refractivity contribution in [3.8, 4) is 0 Å². The van der Waals surface area contributed by atoms with E-state index in [-0.39, 0.29) is 18.2 Å². The highest BCUT2D eigenvalue weighted by atomic mass is 35.5. The van der Waals surface area contributed by atoms with Gasteiger partial charge in [0.15, 0.2) is 17.0 Å². The second kappa shape index (κ2) is 8.97. The summed E-state index contributed by atoms with van der Waals surface area (Å²) in [5, 5.41) is 7.28. The number of amides is 1. The molecule has 10 heteroatoms. The van der Waals surface area contributed by atoms with Gasteiger partial charge in [0.25, 0.3) is 0 Å². The molecule has 1 amide bonds. The molecular weight excluding hydrogens is 418 g/mol. The van der Waals surface area contributed by atoms with Gasteiger partial charge in [-0.05, 0) is 51.3 Å². The van der Waals surface area contributed by atoms with Gasteiger partial charge in [0.1, 0.15) is 6.10 Å². The molecule has 2 atom stereocenters. The third-order valence-corrected chi connectivity index (χ3v) is 5.58. The molecule has 0 unspecified atom stereocenters. The summed E-state index contributed by atoms with van der Waals surface area (Å²) in [6.07, 6.45) is 4.27. The Hall–Kier alpha value is -3.07. The van der Waals surface area contributed by atoms with Crippen molar-refractivity contribution in [1.29, 1.82) is 0 Å². The molecule has 0 bridgehead atoms. The van der Waals surface area contributed by atoms with Gasteiger partial charge in [-0.25, -0.2) is 9.78 Å². The first-order valence-electron chi connectivity index (χ1n) is 10.4. The van der Waals surface area contributed by atoms with E-state index < -0.39 is 6.09 Å². The highest BCUT2D eigenvalue weighted by Crippen LogP contribution is 2.29. The summed E-state index contributed by atoms with van der Waals surface area (Å²) in [7, 11) is 0. The van der Waals surface area contributed by atoms with E-state index in [2.05, 4.69) is 34.4 Å². The minimum atomic E-state index is -0.767. The molecule has 3 aromatic rings. The molecule has 164 valence electrons.